The number of azo groups is 1. The van der Waals surface area contributed by atoms with Gasteiger partial charge in [-0.2, -0.15) is 10.2 Å². The Bertz CT molecular complexity index is 846. The average molecular weight is 356 g/mol. The third-order valence-corrected chi connectivity index (χ3v) is 3.61. The SMILES string of the molecule is CCCCOC(=O)c1cccc(N=Nc2cc(C)c(O)c(C(=O)O)c2)c1. The third-order valence-electron chi connectivity index (χ3n) is 3.61. The van der Waals surface area contributed by atoms with Crippen molar-refractivity contribution in [3.8, 4) is 5.75 Å². The van der Waals surface area contributed by atoms with E-state index in [4.69, 9.17) is 9.84 Å². The van der Waals surface area contributed by atoms with E-state index in [0.29, 0.717) is 23.4 Å². The molecule has 0 saturated heterocycles. The molecule has 0 radical (unpaired) electrons. The molecule has 0 fully saturated rings. The van der Waals surface area contributed by atoms with Gasteiger partial charge in [-0.1, -0.05) is 19.4 Å². The maximum Gasteiger partial charge on any atom is 0.339 e. The second-order valence-corrected chi connectivity index (χ2v) is 5.70. The van der Waals surface area contributed by atoms with Gasteiger partial charge in [0.15, 0.2) is 0 Å². The lowest BCUT2D eigenvalue weighted by Gasteiger charge is -2.05. The van der Waals surface area contributed by atoms with E-state index in [1.165, 1.54) is 12.1 Å². The molecule has 7 nitrogen and oxygen atoms in total. The topological polar surface area (TPSA) is 109 Å². The average Bonchev–Trinajstić information content (AvgIpc) is 2.62. The fraction of sp³-hybridized carbons (Fsp3) is 0.263. The van der Waals surface area contributed by atoms with Crippen molar-refractivity contribution in [1.29, 1.82) is 0 Å². The molecule has 2 aromatic carbocycles. The Kier molecular flexibility index (Phi) is 6.43. The summed E-state index contributed by atoms with van der Waals surface area (Å²) >= 11 is 0. The Morgan fingerprint density at radius 2 is 1.85 bits per heavy atom. The zero-order chi connectivity index (χ0) is 19.1. The van der Waals surface area contributed by atoms with Gasteiger partial charge < -0.3 is 14.9 Å². The normalized spacial score (nSPS) is 10.8. The molecule has 0 aliphatic heterocycles. The highest BCUT2D eigenvalue weighted by Gasteiger charge is 2.13. The van der Waals surface area contributed by atoms with Gasteiger partial charge in [-0.3, -0.25) is 0 Å². The lowest BCUT2D eigenvalue weighted by molar-refractivity contribution is 0.0499. The first-order valence-electron chi connectivity index (χ1n) is 8.18. The van der Waals surface area contributed by atoms with E-state index in [1.807, 2.05) is 6.92 Å². The number of aryl methyl sites for hydroxylation is 1. The van der Waals surface area contributed by atoms with Crippen molar-refractivity contribution in [1.82, 2.24) is 0 Å². The third kappa shape index (κ3) is 4.89. The fourth-order valence-corrected chi connectivity index (χ4v) is 2.18. The molecule has 0 heterocycles. The molecule has 0 aromatic heterocycles. The minimum absolute atomic E-state index is 0.243. The Morgan fingerprint density at radius 1 is 1.12 bits per heavy atom. The predicted octanol–water partition coefficient (Wildman–Crippen LogP) is 4.77. The number of unbranched alkanes of at least 4 members (excludes halogenated alkanes) is 1. The quantitative estimate of drug-likeness (QED) is 0.422. The standard InChI is InChI=1S/C19H20N2O5/c1-3-4-8-26-19(25)13-6-5-7-14(10-13)20-21-15-9-12(2)17(22)16(11-15)18(23)24/h5-7,9-11,22H,3-4,8H2,1-2H3,(H,23,24). The van der Waals surface area contributed by atoms with Crippen LogP contribution < -0.4 is 0 Å². The molecule has 0 aliphatic rings. The summed E-state index contributed by atoms with van der Waals surface area (Å²) in [5.74, 6) is -1.98. The van der Waals surface area contributed by atoms with Gasteiger partial charge in [0.1, 0.15) is 11.3 Å². The molecule has 7 heteroatoms. The monoisotopic (exact) mass is 356 g/mol. The number of phenols is 1. The van der Waals surface area contributed by atoms with Crippen LogP contribution >= 0.6 is 0 Å². The van der Waals surface area contributed by atoms with Crippen molar-refractivity contribution in [2.45, 2.75) is 26.7 Å². The van der Waals surface area contributed by atoms with Crippen molar-refractivity contribution in [2.75, 3.05) is 6.61 Å². The van der Waals surface area contributed by atoms with Gasteiger partial charge >= 0.3 is 11.9 Å². The minimum atomic E-state index is -1.25. The number of esters is 1. The first-order valence-corrected chi connectivity index (χ1v) is 8.18. The van der Waals surface area contributed by atoms with Gasteiger partial charge in [-0.05, 0) is 49.2 Å². The van der Waals surface area contributed by atoms with Crippen LogP contribution in [0.5, 0.6) is 5.75 Å². The number of carbonyl (C=O) groups is 2. The number of hydrogen-bond acceptors (Lipinski definition) is 6. The molecular weight excluding hydrogens is 336 g/mol. The van der Waals surface area contributed by atoms with E-state index in [1.54, 1.807) is 31.2 Å². The van der Waals surface area contributed by atoms with Crippen LogP contribution in [0, 0.1) is 6.92 Å². The van der Waals surface area contributed by atoms with Crippen LogP contribution in [0.25, 0.3) is 0 Å². The number of hydrogen-bond donors (Lipinski definition) is 2. The number of aromatic hydroxyl groups is 1. The zero-order valence-electron chi connectivity index (χ0n) is 14.6. The number of rotatable bonds is 7. The number of carbonyl (C=O) groups excluding carboxylic acids is 1. The second-order valence-electron chi connectivity index (χ2n) is 5.70. The molecule has 26 heavy (non-hydrogen) atoms. The van der Waals surface area contributed by atoms with Gasteiger partial charge in [0.05, 0.1) is 23.5 Å². The summed E-state index contributed by atoms with van der Waals surface area (Å²) in [6.45, 7) is 3.95. The van der Waals surface area contributed by atoms with E-state index in [9.17, 15) is 14.7 Å². The van der Waals surface area contributed by atoms with E-state index in [2.05, 4.69) is 10.2 Å². The molecule has 0 atom stereocenters. The highest BCUT2D eigenvalue weighted by molar-refractivity contribution is 5.92. The van der Waals surface area contributed by atoms with Gasteiger partial charge in [0, 0.05) is 0 Å². The van der Waals surface area contributed by atoms with Crippen molar-refractivity contribution in [2.24, 2.45) is 10.2 Å². The highest BCUT2D eigenvalue weighted by atomic mass is 16.5. The summed E-state index contributed by atoms with van der Waals surface area (Å²) in [5.41, 5.74) is 1.22. The van der Waals surface area contributed by atoms with E-state index >= 15 is 0 Å². The fourth-order valence-electron chi connectivity index (χ4n) is 2.18. The largest absolute Gasteiger partial charge is 0.507 e. The van der Waals surface area contributed by atoms with Crippen LogP contribution in [0.3, 0.4) is 0 Å². The predicted molar refractivity (Wildman–Crippen MR) is 95.6 cm³/mol. The number of nitrogens with zero attached hydrogens (tertiary/aromatic N) is 2. The molecule has 136 valence electrons. The number of ether oxygens (including phenoxy) is 1. The summed E-state index contributed by atoms with van der Waals surface area (Å²) in [6.07, 6.45) is 1.74. The molecule has 0 aliphatic carbocycles. The Balaban J connectivity index is 2.20. The van der Waals surface area contributed by atoms with E-state index < -0.39 is 11.9 Å². The van der Waals surface area contributed by atoms with Gasteiger partial charge in [-0.15, -0.1) is 0 Å². The summed E-state index contributed by atoms with van der Waals surface area (Å²) in [5, 5.41) is 26.9. The van der Waals surface area contributed by atoms with Crippen molar-refractivity contribution in [3.05, 3.63) is 53.1 Å². The van der Waals surface area contributed by atoms with Crippen molar-refractivity contribution < 1.29 is 24.5 Å². The second kappa shape index (κ2) is 8.75. The first-order chi connectivity index (χ1) is 12.4. The Labute approximate surface area is 151 Å². The molecule has 2 N–H and O–H groups in total. The lowest BCUT2D eigenvalue weighted by atomic mass is 10.1. The van der Waals surface area contributed by atoms with Crippen LogP contribution in [0.15, 0.2) is 46.6 Å². The Morgan fingerprint density at radius 3 is 2.54 bits per heavy atom. The van der Waals surface area contributed by atoms with Crippen LogP contribution in [0.4, 0.5) is 11.4 Å². The number of benzene rings is 2. The maximum absolute atomic E-state index is 12.0. The molecular formula is C19H20N2O5. The van der Waals surface area contributed by atoms with Crippen LogP contribution in [-0.4, -0.2) is 28.8 Å². The zero-order valence-corrected chi connectivity index (χ0v) is 14.6. The number of aromatic carboxylic acids is 1. The van der Waals surface area contributed by atoms with Crippen LogP contribution in [0.1, 0.15) is 46.0 Å². The van der Waals surface area contributed by atoms with Gasteiger partial charge in [-0.25, -0.2) is 9.59 Å². The van der Waals surface area contributed by atoms with Gasteiger partial charge in [0.2, 0.25) is 0 Å². The number of carboxylic acid groups (broad SMARTS) is 1. The smallest absolute Gasteiger partial charge is 0.339 e. The molecule has 0 unspecified atom stereocenters. The van der Waals surface area contributed by atoms with Crippen LogP contribution in [0.2, 0.25) is 0 Å². The summed E-state index contributed by atoms with van der Waals surface area (Å²) in [4.78, 5) is 23.1. The summed E-state index contributed by atoms with van der Waals surface area (Å²) < 4.78 is 5.15. The van der Waals surface area contributed by atoms with E-state index in [0.717, 1.165) is 12.8 Å². The number of carboxylic acids is 1. The molecule has 2 rings (SSSR count). The summed E-state index contributed by atoms with van der Waals surface area (Å²) in [6, 6.07) is 9.25. The highest BCUT2D eigenvalue weighted by Crippen LogP contribution is 2.29. The van der Waals surface area contributed by atoms with Crippen LogP contribution in [-0.2, 0) is 4.74 Å². The first kappa shape index (κ1) is 19.1. The molecule has 2 aromatic rings. The molecule has 0 saturated carbocycles. The minimum Gasteiger partial charge on any atom is -0.507 e. The maximum atomic E-state index is 12.0. The Hall–Kier alpha value is -3.22. The lowest BCUT2D eigenvalue weighted by Crippen LogP contribution is -2.05. The van der Waals surface area contributed by atoms with Gasteiger partial charge in [0.25, 0.3) is 0 Å². The van der Waals surface area contributed by atoms with E-state index in [-0.39, 0.29) is 17.0 Å². The molecule has 0 amide bonds. The molecule has 0 bridgehead atoms. The van der Waals surface area contributed by atoms with Crippen molar-refractivity contribution >= 4 is 23.3 Å². The molecule has 0 spiro atoms. The van der Waals surface area contributed by atoms with Crippen molar-refractivity contribution in [3.63, 3.8) is 0 Å². The summed E-state index contributed by atoms with van der Waals surface area (Å²) in [7, 11) is 0.